The maximum Gasteiger partial charge on any atom is 0.233 e. The zero-order chi connectivity index (χ0) is 20.1. The molecule has 0 unspecified atom stereocenters. The van der Waals surface area contributed by atoms with Crippen molar-refractivity contribution >= 4 is 56.8 Å². The maximum absolute atomic E-state index is 13.3. The zero-order valence-electron chi connectivity index (χ0n) is 17.0. The molecule has 0 aliphatic carbocycles. The van der Waals surface area contributed by atoms with Crippen LogP contribution in [0.5, 0.6) is 0 Å². The topological polar surface area (TPSA) is 45.7 Å². The highest BCUT2D eigenvalue weighted by atomic mass is 35.5. The summed E-state index contributed by atoms with van der Waals surface area (Å²) in [6, 6.07) is 16.1. The van der Waals surface area contributed by atoms with Gasteiger partial charge in [-0.25, -0.2) is 4.98 Å². The lowest BCUT2D eigenvalue weighted by atomic mass is 10.1. The van der Waals surface area contributed by atoms with Crippen LogP contribution in [0.1, 0.15) is 5.56 Å². The summed E-state index contributed by atoms with van der Waals surface area (Å²) in [5.74, 6) is 0.0919. The van der Waals surface area contributed by atoms with E-state index in [4.69, 9.17) is 9.72 Å². The number of ether oxygens (including phenoxy) is 1. The predicted molar refractivity (Wildman–Crippen MR) is 128 cm³/mol. The van der Waals surface area contributed by atoms with E-state index in [1.807, 2.05) is 35.2 Å². The Balaban J connectivity index is 0.00000256. The third-order valence-electron chi connectivity index (χ3n) is 5.06. The van der Waals surface area contributed by atoms with Crippen molar-refractivity contribution in [3.8, 4) is 0 Å². The molecule has 2 heterocycles. The number of thioether (sulfide) groups is 1. The number of carbonyl (C=O) groups excluding carboxylic acids is 1. The Hall–Kier alpha value is -1.64. The number of halogens is 1. The van der Waals surface area contributed by atoms with Crippen molar-refractivity contribution in [2.45, 2.75) is 11.3 Å². The van der Waals surface area contributed by atoms with Crippen LogP contribution in [0.15, 0.2) is 53.4 Å². The number of hydrogen-bond donors (Lipinski definition) is 0. The number of nitrogens with zero attached hydrogens (tertiary/aromatic N) is 3. The fourth-order valence-corrected chi connectivity index (χ4v) is 5.11. The van der Waals surface area contributed by atoms with Crippen molar-refractivity contribution in [2.24, 2.45) is 0 Å². The summed E-state index contributed by atoms with van der Waals surface area (Å²) in [7, 11) is 0. The molecule has 2 aromatic carbocycles. The Kier molecular flexibility index (Phi) is 8.53. The van der Waals surface area contributed by atoms with E-state index in [2.05, 4.69) is 29.4 Å². The Morgan fingerprint density at radius 1 is 1.17 bits per heavy atom. The van der Waals surface area contributed by atoms with E-state index in [0.717, 1.165) is 58.7 Å². The van der Waals surface area contributed by atoms with Gasteiger partial charge < -0.3 is 4.74 Å². The molecule has 1 aromatic heterocycles. The van der Waals surface area contributed by atoms with Gasteiger partial charge in [0.2, 0.25) is 5.91 Å². The minimum atomic E-state index is 0. The van der Waals surface area contributed by atoms with E-state index >= 15 is 0 Å². The van der Waals surface area contributed by atoms with E-state index in [0.29, 0.717) is 13.0 Å². The molecule has 5 nitrogen and oxygen atoms in total. The minimum absolute atomic E-state index is 0. The number of anilines is 1. The first-order chi connectivity index (χ1) is 14.2. The van der Waals surface area contributed by atoms with Gasteiger partial charge >= 0.3 is 0 Å². The van der Waals surface area contributed by atoms with Crippen LogP contribution in [-0.2, 0) is 16.0 Å². The monoisotopic (exact) mass is 463 g/mol. The summed E-state index contributed by atoms with van der Waals surface area (Å²) in [4.78, 5) is 23.5. The molecule has 8 heteroatoms. The van der Waals surface area contributed by atoms with Crippen molar-refractivity contribution in [3.05, 3.63) is 54.1 Å². The van der Waals surface area contributed by atoms with Crippen LogP contribution in [0.4, 0.5) is 5.13 Å². The Bertz CT molecular complexity index is 961. The fraction of sp³-hybridized carbons (Fsp3) is 0.364. The summed E-state index contributed by atoms with van der Waals surface area (Å²) in [6.45, 7) is 4.82. The second-order valence-corrected chi connectivity index (χ2v) is 8.82. The Labute approximate surface area is 191 Å². The number of morpholine rings is 1. The number of benzene rings is 2. The summed E-state index contributed by atoms with van der Waals surface area (Å²) >= 11 is 3.29. The highest BCUT2D eigenvalue weighted by Gasteiger charge is 2.22. The molecule has 1 aliphatic rings. The summed E-state index contributed by atoms with van der Waals surface area (Å²) in [5, 5.41) is 0.788. The molecule has 1 fully saturated rings. The maximum atomic E-state index is 13.3. The van der Waals surface area contributed by atoms with Gasteiger partial charge in [0, 0.05) is 31.1 Å². The molecule has 3 aromatic rings. The van der Waals surface area contributed by atoms with Crippen LogP contribution in [-0.4, -0.2) is 61.4 Å². The third kappa shape index (κ3) is 5.53. The summed E-state index contributed by atoms with van der Waals surface area (Å²) in [5.41, 5.74) is 2.02. The molecule has 0 N–H and O–H groups in total. The number of carbonyl (C=O) groups is 1. The van der Waals surface area contributed by atoms with Crippen molar-refractivity contribution in [1.82, 2.24) is 9.88 Å². The SMILES string of the molecule is CSc1cccc2sc(N(CCN3CCOCC3)C(=O)Cc3ccccc3)nc12.Cl. The first-order valence-corrected chi connectivity index (χ1v) is 11.9. The number of para-hydroxylation sites is 1. The van der Waals surface area contributed by atoms with Crippen molar-refractivity contribution in [3.63, 3.8) is 0 Å². The molecule has 1 saturated heterocycles. The van der Waals surface area contributed by atoms with Crippen LogP contribution in [0.25, 0.3) is 10.2 Å². The molecule has 0 saturated carbocycles. The smallest absolute Gasteiger partial charge is 0.233 e. The van der Waals surface area contributed by atoms with Crippen molar-refractivity contribution in [1.29, 1.82) is 0 Å². The van der Waals surface area contributed by atoms with Crippen molar-refractivity contribution < 1.29 is 9.53 Å². The van der Waals surface area contributed by atoms with Crippen LogP contribution in [0.3, 0.4) is 0 Å². The van der Waals surface area contributed by atoms with Gasteiger partial charge in [0.25, 0.3) is 0 Å². The molecule has 0 spiro atoms. The standard InChI is InChI=1S/C22H25N3O2S2.ClH/c1-28-18-8-5-9-19-21(18)23-22(29-19)25(11-10-24-12-14-27-15-13-24)20(26)16-17-6-3-2-4-7-17;/h2-9H,10-16H2,1H3;1H. The second-order valence-electron chi connectivity index (χ2n) is 6.97. The average molecular weight is 464 g/mol. The molecule has 1 aliphatic heterocycles. The Morgan fingerprint density at radius 2 is 1.93 bits per heavy atom. The van der Waals surface area contributed by atoms with Gasteiger partial charge in [-0.3, -0.25) is 14.6 Å². The van der Waals surface area contributed by atoms with Crippen LogP contribution in [0.2, 0.25) is 0 Å². The third-order valence-corrected chi connectivity index (χ3v) is 6.88. The molecular weight excluding hydrogens is 438 g/mol. The average Bonchev–Trinajstić information content (AvgIpc) is 3.19. The molecule has 0 atom stereocenters. The molecule has 4 rings (SSSR count). The highest BCUT2D eigenvalue weighted by Crippen LogP contribution is 2.34. The van der Waals surface area contributed by atoms with Gasteiger partial charge in [-0.2, -0.15) is 0 Å². The molecule has 1 amide bonds. The van der Waals surface area contributed by atoms with E-state index in [-0.39, 0.29) is 18.3 Å². The number of fused-ring (bicyclic) bond motifs is 1. The number of aromatic nitrogens is 1. The molecule has 0 bridgehead atoms. The number of hydrogen-bond acceptors (Lipinski definition) is 6. The quantitative estimate of drug-likeness (QED) is 0.487. The van der Waals surface area contributed by atoms with Gasteiger partial charge in [0.15, 0.2) is 5.13 Å². The predicted octanol–water partition coefficient (Wildman–Crippen LogP) is 4.35. The highest BCUT2D eigenvalue weighted by molar-refractivity contribution is 7.98. The van der Waals surface area contributed by atoms with E-state index in [1.54, 1.807) is 23.1 Å². The number of amides is 1. The first kappa shape index (κ1) is 23.0. The van der Waals surface area contributed by atoms with Gasteiger partial charge in [-0.05, 0) is 24.0 Å². The number of rotatable bonds is 7. The molecular formula is C22H26ClN3O2S2. The van der Waals surface area contributed by atoms with Crippen LogP contribution >= 0.6 is 35.5 Å². The van der Waals surface area contributed by atoms with E-state index in [9.17, 15) is 4.79 Å². The lowest BCUT2D eigenvalue weighted by molar-refractivity contribution is -0.118. The van der Waals surface area contributed by atoms with E-state index in [1.165, 1.54) is 0 Å². The lowest BCUT2D eigenvalue weighted by Gasteiger charge is -2.29. The number of thiazole rings is 1. The molecule has 0 radical (unpaired) electrons. The summed E-state index contributed by atoms with van der Waals surface area (Å²) in [6.07, 6.45) is 2.44. The van der Waals surface area contributed by atoms with E-state index < -0.39 is 0 Å². The summed E-state index contributed by atoms with van der Waals surface area (Å²) < 4.78 is 6.57. The molecule has 160 valence electrons. The lowest BCUT2D eigenvalue weighted by Crippen LogP contribution is -2.43. The van der Waals surface area contributed by atoms with Gasteiger partial charge in [-0.15, -0.1) is 24.2 Å². The second kappa shape index (κ2) is 11.1. The van der Waals surface area contributed by atoms with Gasteiger partial charge in [0.05, 0.1) is 29.9 Å². The zero-order valence-corrected chi connectivity index (χ0v) is 19.4. The fourth-order valence-electron chi connectivity index (χ4n) is 3.45. The minimum Gasteiger partial charge on any atom is -0.379 e. The first-order valence-electron chi connectivity index (χ1n) is 9.82. The normalized spacial score (nSPS) is 14.4. The Morgan fingerprint density at radius 3 is 2.67 bits per heavy atom. The van der Waals surface area contributed by atoms with Crippen molar-refractivity contribution in [2.75, 3.05) is 50.5 Å². The van der Waals surface area contributed by atoms with Crippen LogP contribution in [0, 0.1) is 0 Å². The van der Waals surface area contributed by atoms with Crippen LogP contribution < -0.4 is 4.90 Å². The molecule has 30 heavy (non-hydrogen) atoms. The van der Waals surface area contributed by atoms with Gasteiger partial charge in [0.1, 0.15) is 0 Å². The largest absolute Gasteiger partial charge is 0.379 e. The van der Waals surface area contributed by atoms with Gasteiger partial charge in [-0.1, -0.05) is 47.7 Å².